The summed E-state index contributed by atoms with van der Waals surface area (Å²) >= 11 is 1.78. The fraction of sp³-hybridized carbons (Fsp3) is 0.0667. The molecule has 1 nitrogen and oxygen atoms in total. The summed E-state index contributed by atoms with van der Waals surface area (Å²) in [6.45, 7) is 2.12. The first-order valence-electron chi connectivity index (χ1n) is 5.63. The van der Waals surface area contributed by atoms with Gasteiger partial charge in [0.25, 0.3) is 0 Å². The van der Waals surface area contributed by atoms with Crippen molar-refractivity contribution < 1.29 is 0 Å². The van der Waals surface area contributed by atoms with Gasteiger partial charge < -0.3 is 5.32 Å². The van der Waals surface area contributed by atoms with E-state index in [4.69, 9.17) is 0 Å². The molecule has 0 fully saturated rings. The van der Waals surface area contributed by atoms with Crippen LogP contribution in [0.5, 0.6) is 0 Å². The molecule has 1 aliphatic heterocycles. The summed E-state index contributed by atoms with van der Waals surface area (Å²) in [5, 5.41) is 5.66. The maximum Gasteiger partial charge on any atom is 0.0526 e. The van der Waals surface area contributed by atoms with Gasteiger partial charge in [-0.3, -0.25) is 0 Å². The van der Waals surface area contributed by atoms with Crippen molar-refractivity contribution in [2.24, 2.45) is 0 Å². The molecule has 0 amide bonds. The number of hydrogen-bond acceptors (Lipinski definition) is 2. The van der Waals surface area contributed by atoms with Crippen LogP contribution in [-0.4, -0.2) is 0 Å². The van der Waals surface area contributed by atoms with E-state index in [-0.39, 0.29) is 0 Å². The van der Waals surface area contributed by atoms with E-state index >= 15 is 0 Å². The SMILES string of the molecule is Cc1ccc2c(c1)SC=C(c1ccccc1)N2. The molecule has 0 radical (unpaired) electrons. The number of benzene rings is 2. The highest BCUT2D eigenvalue weighted by Gasteiger charge is 2.11. The van der Waals surface area contributed by atoms with Crippen LogP contribution in [0.4, 0.5) is 5.69 Å². The molecule has 0 aliphatic carbocycles. The van der Waals surface area contributed by atoms with Gasteiger partial charge in [0.15, 0.2) is 0 Å². The molecule has 1 N–H and O–H groups in total. The topological polar surface area (TPSA) is 12.0 Å². The fourth-order valence-corrected chi connectivity index (χ4v) is 2.83. The third-order valence-electron chi connectivity index (χ3n) is 2.79. The standard InChI is InChI=1S/C15H13NS/c1-11-7-8-13-15(9-11)17-10-14(16-13)12-5-3-2-4-6-12/h2-10,16H,1H3. The zero-order valence-electron chi connectivity index (χ0n) is 9.60. The average Bonchev–Trinajstić information content (AvgIpc) is 2.39. The van der Waals surface area contributed by atoms with Crippen molar-refractivity contribution in [3.05, 3.63) is 65.1 Å². The van der Waals surface area contributed by atoms with Gasteiger partial charge in [0.1, 0.15) is 0 Å². The van der Waals surface area contributed by atoms with Gasteiger partial charge in [-0.2, -0.15) is 0 Å². The third kappa shape index (κ3) is 2.08. The van der Waals surface area contributed by atoms with Crippen LogP contribution in [0.25, 0.3) is 5.70 Å². The van der Waals surface area contributed by atoms with Crippen LogP contribution in [0.15, 0.2) is 58.8 Å². The molecule has 0 spiro atoms. The Bertz CT molecular complexity index is 573. The molecule has 0 saturated heterocycles. The summed E-state index contributed by atoms with van der Waals surface area (Å²) in [6.07, 6.45) is 0. The number of nitrogens with one attached hydrogen (secondary N) is 1. The second-order valence-electron chi connectivity index (χ2n) is 4.14. The Kier molecular flexibility index (Phi) is 2.65. The minimum atomic E-state index is 1.17. The zero-order chi connectivity index (χ0) is 11.7. The predicted molar refractivity (Wildman–Crippen MR) is 75.1 cm³/mol. The lowest BCUT2D eigenvalue weighted by Crippen LogP contribution is -2.02. The molecular weight excluding hydrogens is 226 g/mol. The quantitative estimate of drug-likeness (QED) is 0.785. The molecule has 0 saturated carbocycles. The second kappa shape index (κ2) is 4.30. The van der Waals surface area contributed by atoms with Gasteiger partial charge in [-0.25, -0.2) is 0 Å². The lowest BCUT2D eigenvalue weighted by molar-refractivity contribution is 1.34. The van der Waals surface area contributed by atoms with Crippen LogP contribution in [0.2, 0.25) is 0 Å². The molecule has 0 bridgehead atoms. The summed E-state index contributed by atoms with van der Waals surface area (Å²) in [7, 11) is 0. The molecule has 2 aromatic rings. The molecule has 3 rings (SSSR count). The molecule has 84 valence electrons. The first kappa shape index (κ1) is 10.5. The van der Waals surface area contributed by atoms with Crippen LogP contribution in [0.3, 0.4) is 0 Å². The molecule has 17 heavy (non-hydrogen) atoms. The second-order valence-corrected chi connectivity index (χ2v) is 5.05. The lowest BCUT2D eigenvalue weighted by Gasteiger charge is -2.19. The highest BCUT2D eigenvalue weighted by atomic mass is 32.2. The van der Waals surface area contributed by atoms with Crippen molar-refractivity contribution in [3.8, 4) is 0 Å². The number of rotatable bonds is 1. The summed E-state index contributed by atoms with van der Waals surface area (Å²) < 4.78 is 0. The van der Waals surface area contributed by atoms with E-state index in [0.717, 1.165) is 0 Å². The van der Waals surface area contributed by atoms with Crippen molar-refractivity contribution >= 4 is 23.1 Å². The van der Waals surface area contributed by atoms with E-state index in [1.165, 1.54) is 27.4 Å². The van der Waals surface area contributed by atoms with Crippen molar-refractivity contribution in [1.29, 1.82) is 0 Å². The van der Waals surface area contributed by atoms with E-state index in [9.17, 15) is 0 Å². The number of aryl methyl sites for hydroxylation is 1. The Morgan fingerprint density at radius 1 is 1.00 bits per heavy atom. The highest BCUT2D eigenvalue weighted by molar-refractivity contribution is 8.02. The maximum atomic E-state index is 3.48. The fourth-order valence-electron chi connectivity index (χ4n) is 1.89. The van der Waals surface area contributed by atoms with Gasteiger partial charge in [0.05, 0.1) is 11.4 Å². The Morgan fingerprint density at radius 2 is 1.82 bits per heavy atom. The molecule has 2 heteroatoms. The van der Waals surface area contributed by atoms with Gasteiger partial charge in [-0.1, -0.05) is 48.2 Å². The Labute approximate surface area is 106 Å². The number of thioether (sulfide) groups is 1. The predicted octanol–water partition coefficient (Wildman–Crippen LogP) is 4.51. The number of anilines is 1. The normalized spacial score (nSPS) is 13.6. The lowest BCUT2D eigenvalue weighted by atomic mass is 10.1. The molecule has 1 aliphatic rings. The number of fused-ring (bicyclic) bond motifs is 1. The van der Waals surface area contributed by atoms with Crippen molar-refractivity contribution in [2.75, 3.05) is 5.32 Å². The van der Waals surface area contributed by atoms with E-state index in [0.29, 0.717) is 0 Å². The summed E-state index contributed by atoms with van der Waals surface area (Å²) in [4.78, 5) is 1.30. The van der Waals surface area contributed by atoms with Crippen LogP contribution in [-0.2, 0) is 0 Å². The van der Waals surface area contributed by atoms with Gasteiger partial charge in [-0.15, -0.1) is 0 Å². The van der Waals surface area contributed by atoms with Crippen molar-refractivity contribution in [3.63, 3.8) is 0 Å². The molecule has 0 atom stereocenters. The first-order valence-corrected chi connectivity index (χ1v) is 6.51. The van der Waals surface area contributed by atoms with E-state index in [1.807, 2.05) is 6.07 Å². The zero-order valence-corrected chi connectivity index (χ0v) is 10.4. The monoisotopic (exact) mass is 239 g/mol. The van der Waals surface area contributed by atoms with Crippen LogP contribution in [0, 0.1) is 6.92 Å². The molecule has 1 heterocycles. The van der Waals surface area contributed by atoms with Gasteiger partial charge in [-0.05, 0) is 30.2 Å². The number of hydrogen-bond donors (Lipinski definition) is 1. The first-order chi connectivity index (χ1) is 8.33. The van der Waals surface area contributed by atoms with Gasteiger partial charge in [0, 0.05) is 10.3 Å². The largest absolute Gasteiger partial charge is 0.354 e. The van der Waals surface area contributed by atoms with Crippen molar-refractivity contribution in [2.45, 2.75) is 11.8 Å². The summed E-state index contributed by atoms with van der Waals surface area (Å²) in [5.41, 5.74) is 4.90. The van der Waals surface area contributed by atoms with Crippen LogP contribution >= 0.6 is 11.8 Å². The molecule has 2 aromatic carbocycles. The minimum absolute atomic E-state index is 1.17. The van der Waals surface area contributed by atoms with Crippen molar-refractivity contribution in [1.82, 2.24) is 0 Å². The van der Waals surface area contributed by atoms with Gasteiger partial charge in [0.2, 0.25) is 0 Å². The smallest absolute Gasteiger partial charge is 0.0526 e. The minimum Gasteiger partial charge on any atom is -0.354 e. The maximum absolute atomic E-state index is 3.48. The van der Waals surface area contributed by atoms with E-state index in [1.54, 1.807) is 11.8 Å². The van der Waals surface area contributed by atoms with Crippen LogP contribution < -0.4 is 5.32 Å². The summed E-state index contributed by atoms with van der Waals surface area (Å²) in [6, 6.07) is 16.9. The highest BCUT2D eigenvalue weighted by Crippen LogP contribution is 2.37. The molecular formula is C15H13NS. The van der Waals surface area contributed by atoms with Crippen LogP contribution in [0.1, 0.15) is 11.1 Å². The summed E-state index contributed by atoms with van der Waals surface area (Å²) in [5.74, 6) is 0. The molecule has 0 unspecified atom stereocenters. The van der Waals surface area contributed by atoms with Gasteiger partial charge >= 0.3 is 0 Å². The van der Waals surface area contributed by atoms with E-state index in [2.05, 4.69) is 60.1 Å². The average molecular weight is 239 g/mol. The third-order valence-corrected chi connectivity index (χ3v) is 3.74. The Hall–Kier alpha value is -1.67. The molecule has 0 aromatic heterocycles. The Morgan fingerprint density at radius 3 is 2.65 bits per heavy atom. The Balaban J connectivity index is 1.95. The van der Waals surface area contributed by atoms with E-state index < -0.39 is 0 Å².